The molecule has 2 aromatic rings. The molecule has 0 spiro atoms. The molecule has 0 saturated carbocycles. The van der Waals surface area contributed by atoms with E-state index < -0.39 is 23.6 Å². The lowest BCUT2D eigenvalue weighted by atomic mass is 9.73. The largest absolute Gasteiger partial charge is 0.481 e. The fourth-order valence-corrected chi connectivity index (χ4v) is 3.69. The van der Waals surface area contributed by atoms with E-state index in [9.17, 15) is 14.0 Å². The highest BCUT2D eigenvalue weighted by Crippen LogP contribution is 2.39. The summed E-state index contributed by atoms with van der Waals surface area (Å²) in [6.45, 7) is 0.842. The molecule has 1 amide bonds. The third kappa shape index (κ3) is 4.12. The van der Waals surface area contributed by atoms with E-state index >= 15 is 0 Å². The molecule has 27 heavy (non-hydrogen) atoms. The Labute approximate surface area is 161 Å². The first kappa shape index (κ1) is 19.3. The van der Waals surface area contributed by atoms with Gasteiger partial charge in [-0.1, -0.05) is 35.9 Å². The Balaban J connectivity index is 1.89. The maximum absolute atomic E-state index is 14.1. The molecule has 3 rings (SSSR count). The van der Waals surface area contributed by atoms with Gasteiger partial charge in [0.15, 0.2) is 0 Å². The molecule has 0 atom stereocenters. The second kappa shape index (κ2) is 8.06. The van der Waals surface area contributed by atoms with Crippen molar-refractivity contribution in [2.45, 2.75) is 24.7 Å². The van der Waals surface area contributed by atoms with Gasteiger partial charge in [0.2, 0.25) is 5.91 Å². The lowest BCUT2D eigenvalue weighted by Gasteiger charge is -2.36. The summed E-state index contributed by atoms with van der Waals surface area (Å²) in [5, 5.41) is 12.1. The van der Waals surface area contributed by atoms with Gasteiger partial charge in [-0.05, 0) is 42.2 Å². The Kier molecular flexibility index (Phi) is 5.77. The molecule has 2 N–H and O–H groups in total. The van der Waals surface area contributed by atoms with Crippen molar-refractivity contribution < 1.29 is 23.8 Å². The number of carboxylic acids is 1. The number of halogens is 2. The summed E-state index contributed by atoms with van der Waals surface area (Å²) < 4.78 is 19.5. The number of carbonyl (C=O) groups is 2. The Morgan fingerprint density at radius 1 is 1.19 bits per heavy atom. The monoisotopic (exact) mass is 391 g/mol. The Hall–Kier alpha value is -2.44. The summed E-state index contributed by atoms with van der Waals surface area (Å²) in [7, 11) is 0. The first-order valence-electron chi connectivity index (χ1n) is 8.57. The van der Waals surface area contributed by atoms with Crippen LogP contribution >= 0.6 is 11.6 Å². The normalized spacial score (nSPS) is 15.9. The number of carbonyl (C=O) groups excluding carboxylic acids is 1. The molecule has 0 unspecified atom stereocenters. The number of hydrogen-bond acceptors (Lipinski definition) is 3. The molecule has 5 nitrogen and oxygen atoms in total. The van der Waals surface area contributed by atoms with E-state index in [2.05, 4.69) is 5.32 Å². The second-order valence-corrected chi connectivity index (χ2v) is 6.91. The molecule has 2 aromatic carbocycles. The van der Waals surface area contributed by atoms with Gasteiger partial charge in [-0.15, -0.1) is 0 Å². The van der Waals surface area contributed by atoms with E-state index in [4.69, 9.17) is 21.4 Å². The summed E-state index contributed by atoms with van der Waals surface area (Å²) in [6, 6.07) is 11.2. The molecule has 1 fully saturated rings. The van der Waals surface area contributed by atoms with Crippen LogP contribution in [-0.2, 0) is 26.2 Å². The van der Waals surface area contributed by atoms with Crippen LogP contribution in [0.2, 0.25) is 5.02 Å². The smallest absolute Gasteiger partial charge is 0.307 e. The van der Waals surface area contributed by atoms with Crippen molar-refractivity contribution in [2.75, 3.05) is 18.5 Å². The first-order chi connectivity index (χ1) is 12.9. The minimum atomic E-state index is -1.12. The van der Waals surface area contributed by atoms with Gasteiger partial charge in [0.1, 0.15) is 5.82 Å². The SMILES string of the molecule is O=C(O)Cc1ccc(NC(=O)C2(c3ccccc3Cl)CCOCC2)cc1F. The topological polar surface area (TPSA) is 75.6 Å². The van der Waals surface area contributed by atoms with E-state index in [1.807, 2.05) is 12.1 Å². The van der Waals surface area contributed by atoms with Crippen molar-refractivity contribution in [3.05, 3.63) is 64.4 Å². The van der Waals surface area contributed by atoms with Gasteiger partial charge >= 0.3 is 5.97 Å². The minimum Gasteiger partial charge on any atom is -0.481 e. The third-order valence-electron chi connectivity index (χ3n) is 4.82. The van der Waals surface area contributed by atoms with Crippen molar-refractivity contribution in [1.29, 1.82) is 0 Å². The molecule has 0 aromatic heterocycles. The highest BCUT2D eigenvalue weighted by Gasteiger charge is 2.43. The van der Waals surface area contributed by atoms with Crippen molar-refractivity contribution in [1.82, 2.24) is 0 Å². The molecule has 7 heteroatoms. The van der Waals surface area contributed by atoms with E-state index in [-0.39, 0.29) is 17.2 Å². The van der Waals surface area contributed by atoms with E-state index in [1.54, 1.807) is 12.1 Å². The number of carboxylic acid groups (broad SMARTS) is 1. The van der Waals surface area contributed by atoms with Crippen LogP contribution in [0, 0.1) is 5.82 Å². The molecule has 0 aliphatic carbocycles. The van der Waals surface area contributed by atoms with Crippen molar-refractivity contribution >= 4 is 29.2 Å². The maximum Gasteiger partial charge on any atom is 0.307 e. The molecule has 0 bridgehead atoms. The third-order valence-corrected chi connectivity index (χ3v) is 5.15. The van der Waals surface area contributed by atoms with Crippen molar-refractivity contribution in [3.8, 4) is 0 Å². The number of hydrogen-bond donors (Lipinski definition) is 2. The molecule has 142 valence electrons. The molecular formula is C20H19ClFNO4. The number of amides is 1. The molecule has 1 aliphatic heterocycles. The fraction of sp³-hybridized carbons (Fsp3) is 0.300. The zero-order valence-corrected chi connectivity index (χ0v) is 15.3. The van der Waals surface area contributed by atoms with Crippen LogP contribution in [0.4, 0.5) is 10.1 Å². The summed E-state index contributed by atoms with van der Waals surface area (Å²) in [5.74, 6) is -2.08. The van der Waals surface area contributed by atoms with E-state index in [1.165, 1.54) is 12.1 Å². The summed E-state index contributed by atoms with van der Waals surface area (Å²) in [6.07, 6.45) is 0.505. The highest BCUT2D eigenvalue weighted by molar-refractivity contribution is 6.31. The zero-order valence-electron chi connectivity index (χ0n) is 14.5. The molecule has 0 radical (unpaired) electrons. The first-order valence-corrected chi connectivity index (χ1v) is 8.94. The van der Waals surface area contributed by atoms with Gasteiger partial charge in [0, 0.05) is 23.9 Å². The summed E-state index contributed by atoms with van der Waals surface area (Å²) >= 11 is 6.35. The molecule has 1 heterocycles. The Bertz CT molecular complexity index is 865. The molecule has 1 aliphatic rings. The standard InChI is InChI=1S/C20H19ClFNO4/c21-16-4-2-1-3-15(16)20(7-9-27-10-8-20)19(26)23-14-6-5-13(11-18(24)25)17(22)12-14/h1-6,12H,7-11H2,(H,23,26)(H,24,25). The van der Waals surface area contributed by atoms with E-state index in [0.29, 0.717) is 31.1 Å². The van der Waals surface area contributed by atoms with Gasteiger partial charge in [-0.25, -0.2) is 4.39 Å². The predicted molar refractivity (Wildman–Crippen MR) is 99.6 cm³/mol. The predicted octanol–water partition coefficient (Wildman–Crippen LogP) is 3.79. The average Bonchev–Trinajstić information content (AvgIpc) is 2.64. The maximum atomic E-state index is 14.1. The van der Waals surface area contributed by atoms with Gasteiger partial charge in [-0.2, -0.15) is 0 Å². The van der Waals surface area contributed by atoms with Crippen LogP contribution in [0.15, 0.2) is 42.5 Å². The van der Waals surface area contributed by atoms with Gasteiger partial charge in [0.05, 0.1) is 11.8 Å². The number of ether oxygens (including phenoxy) is 1. The lowest BCUT2D eigenvalue weighted by Crippen LogP contribution is -2.45. The van der Waals surface area contributed by atoms with Crippen LogP contribution in [0.3, 0.4) is 0 Å². The second-order valence-electron chi connectivity index (χ2n) is 6.51. The highest BCUT2D eigenvalue weighted by atomic mass is 35.5. The number of benzene rings is 2. The van der Waals surface area contributed by atoms with Crippen LogP contribution in [0.5, 0.6) is 0 Å². The number of nitrogens with one attached hydrogen (secondary N) is 1. The van der Waals surface area contributed by atoms with Crippen LogP contribution in [0.1, 0.15) is 24.0 Å². The summed E-state index contributed by atoms with van der Waals surface area (Å²) in [4.78, 5) is 23.9. The summed E-state index contributed by atoms with van der Waals surface area (Å²) in [5.41, 5.74) is 0.180. The average molecular weight is 392 g/mol. The van der Waals surface area contributed by atoms with E-state index in [0.717, 1.165) is 11.6 Å². The minimum absolute atomic E-state index is 0.0624. The fourth-order valence-electron chi connectivity index (χ4n) is 3.37. The van der Waals surface area contributed by atoms with Crippen LogP contribution < -0.4 is 5.32 Å². The number of aliphatic carboxylic acids is 1. The van der Waals surface area contributed by atoms with Gasteiger partial charge in [0.25, 0.3) is 0 Å². The van der Waals surface area contributed by atoms with Crippen molar-refractivity contribution in [3.63, 3.8) is 0 Å². The Morgan fingerprint density at radius 3 is 2.52 bits per heavy atom. The quantitative estimate of drug-likeness (QED) is 0.813. The molecular weight excluding hydrogens is 373 g/mol. The zero-order chi connectivity index (χ0) is 19.4. The van der Waals surface area contributed by atoms with Crippen molar-refractivity contribution in [2.24, 2.45) is 0 Å². The Morgan fingerprint density at radius 2 is 1.89 bits per heavy atom. The van der Waals surface area contributed by atoms with Crippen LogP contribution in [-0.4, -0.2) is 30.2 Å². The number of rotatable bonds is 5. The lowest BCUT2D eigenvalue weighted by molar-refractivity contribution is -0.136. The van der Waals surface area contributed by atoms with Gasteiger partial charge < -0.3 is 15.2 Å². The van der Waals surface area contributed by atoms with Gasteiger partial charge in [-0.3, -0.25) is 9.59 Å². The van der Waals surface area contributed by atoms with Crippen LogP contribution in [0.25, 0.3) is 0 Å². The number of anilines is 1. The molecule has 1 saturated heterocycles.